The first-order valence-corrected chi connectivity index (χ1v) is 13.5. The van der Waals surface area contributed by atoms with Crippen LogP contribution in [0.2, 0.25) is 5.02 Å². The summed E-state index contributed by atoms with van der Waals surface area (Å²) in [5.74, 6) is -0.191. The third kappa shape index (κ3) is 8.79. The second-order valence-electron chi connectivity index (χ2n) is 8.00. The molecule has 0 heterocycles. The summed E-state index contributed by atoms with van der Waals surface area (Å²) in [5, 5.41) is 6.95. The normalized spacial score (nSPS) is 11.1. The van der Waals surface area contributed by atoms with E-state index in [4.69, 9.17) is 21.1 Å². The lowest BCUT2D eigenvalue weighted by Gasteiger charge is -2.23. The zero-order valence-corrected chi connectivity index (χ0v) is 22.3. The Morgan fingerprint density at radius 1 is 1.03 bits per heavy atom. The van der Waals surface area contributed by atoms with Gasteiger partial charge in [-0.05, 0) is 53.6 Å². The molecule has 0 unspecified atom stereocenters. The number of hydrazone groups is 1. The molecule has 0 aromatic heterocycles. The van der Waals surface area contributed by atoms with Crippen molar-refractivity contribution in [2.45, 2.75) is 6.54 Å². The van der Waals surface area contributed by atoms with E-state index in [1.54, 1.807) is 30.3 Å². The quantitative estimate of drug-likeness (QED) is 0.260. The second kappa shape index (κ2) is 13.5. The fraction of sp³-hybridized carbons (Fsp3) is 0.192. The molecule has 0 aliphatic heterocycles. The SMILES string of the molecule is COc1ccc(Cl)cc1N(CC(=O)N/N=C\c1ccc(OCC(=O)NCc2ccccc2)cc1)S(C)(=O)=O. The maximum atomic E-state index is 12.4. The van der Waals surface area contributed by atoms with Crippen molar-refractivity contribution in [2.75, 3.05) is 30.8 Å². The number of carbonyl (C=O) groups is 2. The molecule has 2 N–H and O–H groups in total. The third-order valence-corrected chi connectivity index (χ3v) is 6.44. The average molecular weight is 559 g/mol. The van der Waals surface area contributed by atoms with E-state index in [-0.39, 0.29) is 29.0 Å². The van der Waals surface area contributed by atoms with E-state index in [2.05, 4.69) is 15.8 Å². The summed E-state index contributed by atoms with van der Waals surface area (Å²) in [4.78, 5) is 24.4. The van der Waals surface area contributed by atoms with E-state index in [0.29, 0.717) is 17.9 Å². The summed E-state index contributed by atoms with van der Waals surface area (Å²) in [7, 11) is -2.45. The zero-order chi connectivity index (χ0) is 27.5. The van der Waals surface area contributed by atoms with Crippen molar-refractivity contribution in [3.05, 3.63) is 88.9 Å². The molecule has 3 aromatic rings. The van der Waals surface area contributed by atoms with Crippen LogP contribution >= 0.6 is 11.6 Å². The minimum atomic E-state index is -3.83. The maximum Gasteiger partial charge on any atom is 0.260 e. The minimum Gasteiger partial charge on any atom is -0.495 e. The number of carbonyl (C=O) groups excluding carboxylic acids is 2. The van der Waals surface area contributed by atoms with Crippen molar-refractivity contribution < 1.29 is 27.5 Å². The van der Waals surface area contributed by atoms with Crippen LogP contribution in [0.5, 0.6) is 11.5 Å². The Bertz CT molecular complexity index is 1380. The molecule has 0 saturated heterocycles. The van der Waals surface area contributed by atoms with Gasteiger partial charge in [0, 0.05) is 11.6 Å². The van der Waals surface area contributed by atoms with Crippen molar-refractivity contribution in [1.29, 1.82) is 0 Å². The first-order valence-electron chi connectivity index (χ1n) is 11.3. The van der Waals surface area contributed by atoms with Gasteiger partial charge in [-0.1, -0.05) is 41.9 Å². The number of nitrogens with zero attached hydrogens (tertiary/aromatic N) is 2. The lowest BCUT2D eigenvalue weighted by Crippen LogP contribution is -2.39. The van der Waals surface area contributed by atoms with Crippen molar-refractivity contribution in [3.63, 3.8) is 0 Å². The van der Waals surface area contributed by atoms with Gasteiger partial charge in [-0.25, -0.2) is 13.8 Å². The van der Waals surface area contributed by atoms with Gasteiger partial charge in [-0.3, -0.25) is 13.9 Å². The topological polar surface area (TPSA) is 126 Å². The first kappa shape index (κ1) is 28.5. The molecule has 0 atom stereocenters. The lowest BCUT2D eigenvalue weighted by molar-refractivity contribution is -0.123. The van der Waals surface area contributed by atoms with Crippen LogP contribution in [0.1, 0.15) is 11.1 Å². The number of hydrogen-bond donors (Lipinski definition) is 2. The van der Waals surface area contributed by atoms with E-state index in [9.17, 15) is 18.0 Å². The molecule has 10 nitrogen and oxygen atoms in total. The number of nitrogens with one attached hydrogen (secondary N) is 2. The minimum absolute atomic E-state index is 0.131. The van der Waals surface area contributed by atoms with Crippen LogP contribution in [-0.4, -0.2) is 53.0 Å². The Balaban J connectivity index is 1.51. The molecule has 0 spiro atoms. The highest BCUT2D eigenvalue weighted by molar-refractivity contribution is 7.92. The summed E-state index contributed by atoms with van der Waals surface area (Å²) in [6.07, 6.45) is 2.36. The molecule has 0 fully saturated rings. The van der Waals surface area contributed by atoms with Gasteiger partial charge in [0.05, 0.1) is 25.3 Å². The number of rotatable bonds is 12. The number of anilines is 1. The molecule has 3 aromatic carbocycles. The van der Waals surface area contributed by atoms with Gasteiger partial charge < -0.3 is 14.8 Å². The fourth-order valence-corrected chi connectivity index (χ4v) is 4.25. The van der Waals surface area contributed by atoms with Crippen molar-refractivity contribution in [3.8, 4) is 11.5 Å². The molecule has 0 bridgehead atoms. The van der Waals surface area contributed by atoms with Crippen molar-refractivity contribution in [2.24, 2.45) is 5.10 Å². The number of halogens is 1. The Morgan fingerprint density at radius 2 is 1.74 bits per heavy atom. The molecule has 0 saturated carbocycles. The van der Waals surface area contributed by atoms with Crippen molar-refractivity contribution >= 4 is 45.3 Å². The van der Waals surface area contributed by atoms with E-state index >= 15 is 0 Å². The van der Waals surface area contributed by atoms with Gasteiger partial charge in [0.1, 0.15) is 18.0 Å². The Hall–Kier alpha value is -4.09. The maximum absolute atomic E-state index is 12.4. The lowest BCUT2D eigenvalue weighted by atomic mass is 10.2. The summed E-state index contributed by atoms with van der Waals surface area (Å²) in [6.45, 7) is -0.255. The molecule has 3 rings (SSSR count). The average Bonchev–Trinajstić information content (AvgIpc) is 2.90. The molecule has 12 heteroatoms. The van der Waals surface area contributed by atoms with E-state index in [0.717, 1.165) is 16.1 Å². The van der Waals surface area contributed by atoms with Gasteiger partial charge in [0.25, 0.3) is 11.8 Å². The third-order valence-electron chi connectivity index (χ3n) is 5.08. The molecule has 200 valence electrons. The van der Waals surface area contributed by atoms with Crippen molar-refractivity contribution in [1.82, 2.24) is 10.7 Å². The predicted octanol–water partition coefficient (Wildman–Crippen LogP) is 2.96. The zero-order valence-electron chi connectivity index (χ0n) is 20.8. The van der Waals surface area contributed by atoms with E-state index in [1.807, 2.05) is 30.3 Å². The summed E-state index contributed by atoms with van der Waals surface area (Å²) >= 11 is 6.01. The second-order valence-corrected chi connectivity index (χ2v) is 10.3. The molecule has 0 aliphatic carbocycles. The van der Waals surface area contributed by atoms with Crippen LogP contribution in [0.4, 0.5) is 5.69 Å². The summed E-state index contributed by atoms with van der Waals surface area (Å²) < 4.78 is 36.3. The Kier molecular flexibility index (Phi) is 10.1. The van der Waals surface area contributed by atoms with Gasteiger partial charge in [0.2, 0.25) is 10.0 Å². The number of methoxy groups -OCH3 is 1. The Morgan fingerprint density at radius 3 is 2.39 bits per heavy atom. The van der Waals surface area contributed by atoms with Crippen LogP contribution in [0.25, 0.3) is 0 Å². The highest BCUT2D eigenvalue weighted by atomic mass is 35.5. The van der Waals surface area contributed by atoms with E-state index in [1.165, 1.54) is 25.5 Å². The summed E-state index contributed by atoms with van der Waals surface area (Å²) in [6, 6.07) is 20.7. The molecule has 38 heavy (non-hydrogen) atoms. The van der Waals surface area contributed by atoms with Crippen LogP contribution in [-0.2, 0) is 26.2 Å². The van der Waals surface area contributed by atoms with Gasteiger partial charge in [-0.15, -0.1) is 0 Å². The van der Waals surface area contributed by atoms with Gasteiger partial charge in [-0.2, -0.15) is 5.10 Å². The predicted molar refractivity (Wildman–Crippen MR) is 146 cm³/mol. The highest BCUT2D eigenvalue weighted by Crippen LogP contribution is 2.32. The summed E-state index contributed by atoms with van der Waals surface area (Å²) in [5.41, 5.74) is 4.07. The van der Waals surface area contributed by atoms with Gasteiger partial charge >= 0.3 is 0 Å². The molecule has 0 aliphatic rings. The smallest absolute Gasteiger partial charge is 0.260 e. The van der Waals surface area contributed by atoms with Crippen LogP contribution in [0.3, 0.4) is 0 Å². The Labute approximate surface area is 226 Å². The number of ether oxygens (including phenoxy) is 2. The van der Waals surface area contributed by atoms with E-state index < -0.39 is 22.5 Å². The fourth-order valence-electron chi connectivity index (χ4n) is 3.23. The number of hydrogen-bond acceptors (Lipinski definition) is 7. The molecular formula is C26H27ClN4O6S. The largest absolute Gasteiger partial charge is 0.495 e. The number of amides is 2. The van der Waals surface area contributed by atoms with Crippen LogP contribution in [0, 0.1) is 0 Å². The van der Waals surface area contributed by atoms with Crippen LogP contribution < -0.4 is 24.5 Å². The monoisotopic (exact) mass is 558 g/mol. The standard InChI is InChI=1S/C26H27ClN4O6S/c1-36-24-13-10-21(27)14-23(24)31(38(2,34)35)17-25(32)30-29-16-20-8-11-22(12-9-20)37-18-26(33)28-15-19-6-4-3-5-7-19/h3-14,16H,15,17-18H2,1-2H3,(H,28,33)(H,30,32)/b29-16-. The molecular weight excluding hydrogens is 532 g/mol. The number of benzene rings is 3. The number of sulfonamides is 1. The molecule has 2 amide bonds. The van der Waals surface area contributed by atoms with Crippen LogP contribution in [0.15, 0.2) is 77.9 Å². The first-order chi connectivity index (χ1) is 18.2. The molecule has 0 radical (unpaired) electrons. The highest BCUT2D eigenvalue weighted by Gasteiger charge is 2.24. The van der Waals surface area contributed by atoms with Gasteiger partial charge in [0.15, 0.2) is 6.61 Å².